The number of benzene rings is 1. The summed E-state index contributed by atoms with van der Waals surface area (Å²) in [7, 11) is 0. The summed E-state index contributed by atoms with van der Waals surface area (Å²) in [6.07, 6.45) is 0. The van der Waals surface area contributed by atoms with Crippen molar-refractivity contribution >= 4 is 35.9 Å². The number of nitrogens with zero attached hydrogens (tertiary/aromatic N) is 1. The molecule has 0 radical (unpaired) electrons. The molecule has 5 nitrogen and oxygen atoms in total. The highest BCUT2D eigenvalue weighted by atomic mass is 127. The molecule has 1 aromatic rings. The van der Waals surface area contributed by atoms with E-state index in [1.54, 1.807) is 6.07 Å². The van der Waals surface area contributed by atoms with E-state index >= 15 is 0 Å². The van der Waals surface area contributed by atoms with Crippen LogP contribution in [-0.2, 0) is 11.3 Å². The number of rotatable bonds is 5. The first-order chi connectivity index (χ1) is 10.4. The lowest BCUT2D eigenvalue weighted by Crippen LogP contribution is -2.36. The van der Waals surface area contributed by atoms with Gasteiger partial charge in [-0.05, 0) is 52.3 Å². The van der Waals surface area contributed by atoms with Crippen molar-refractivity contribution in [1.82, 2.24) is 10.6 Å². The van der Waals surface area contributed by atoms with Crippen LogP contribution in [0.2, 0.25) is 0 Å². The number of esters is 1. The Balaban J connectivity index is 0.00000484. The van der Waals surface area contributed by atoms with Gasteiger partial charge in [-0.3, -0.25) is 0 Å². The molecule has 0 saturated heterocycles. The number of hydrogen-bond acceptors (Lipinski definition) is 3. The Kier molecular flexibility index (Phi) is 9.87. The first-order valence-corrected chi connectivity index (χ1v) is 7.70. The summed E-state index contributed by atoms with van der Waals surface area (Å²) in [4.78, 5) is 16.6. The summed E-state index contributed by atoms with van der Waals surface area (Å²) in [6, 6.07) is 7.39. The molecule has 23 heavy (non-hydrogen) atoms. The van der Waals surface area contributed by atoms with Gasteiger partial charge in [-0.1, -0.05) is 12.1 Å². The fraction of sp³-hybridized carbons (Fsp3) is 0.529. The summed E-state index contributed by atoms with van der Waals surface area (Å²) in [6.45, 7) is 11.7. The van der Waals surface area contributed by atoms with Gasteiger partial charge >= 0.3 is 5.97 Å². The maximum absolute atomic E-state index is 12.1. The summed E-state index contributed by atoms with van der Waals surface area (Å²) in [5, 5.41) is 6.34. The highest BCUT2D eigenvalue weighted by Gasteiger charge is 2.17. The second-order valence-corrected chi connectivity index (χ2v) is 5.93. The van der Waals surface area contributed by atoms with Gasteiger partial charge in [-0.25, -0.2) is 9.79 Å². The van der Waals surface area contributed by atoms with E-state index in [1.165, 1.54) is 0 Å². The third kappa shape index (κ3) is 8.78. The zero-order valence-corrected chi connectivity index (χ0v) is 16.9. The van der Waals surface area contributed by atoms with Crippen molar-refractivity contribution in [3.8, 4) is 0 Å². The van der Waals surface area contributed by atoms with Crippen molar-refractivity contribution in [3.05, 3.63) is 35.4 Å². The first-order valence-electron chi connectivity index (χ1n) is 7.70. The van der Waals surface area contributed by atoms with E-state index in [-0.39, 0.29) is 29.9 Å². The Hall–Kier alpha value is -1.31. The monoisotopic (exact) mass is 433 g/mol. The summed E-state index contributed by atoms with van der Waals surface area (Å²) in [5.74, 6) is 0.463. The van der Waals surface area contributed by atoms with E-state index in [0.717, 1.165) is 24.6 Å². The zero-order chi connectivity index (χ0) is 16.6. The molecule has 6 heteroatoms. The lowest BCUT2D eigenvalue weighted by Gasteiger charge is -2.19. The van der Waals surface area contributed by atoms with Gasteiger partial charge in [0, 0.05) is 13.1 Å². The standard InChI is InChI=1S/C17H27N3O2.HI/c1-6-18-16(19-7-2)20-12-13-9-8-10-14(11-13)15(21)22-17(3,4)5;/h8-11H,6-7,12H2,1-5H3,(H2,18,19,20);1H. The van der Waals surface area contributed by atoms with Crippen LogP contribution in [0.5, 0.6) is 0 Å². The maximum atomic E-state index is 12.1. The number of carbonyl (C=O) groups is 1. The largest absolute Gasteiger partial charge is 0.456 e. The van der Waals surface area contributed by atoms with Crippen LogP contribution < -0.4 is 10.6 Å². The molecule has 130 valence electrons. The molecule has 0 atom stereocenters. The fourth-order valence-electron chi connectivity index (χ4n) is 1.81. The first kappa shape index (κ1) is 21.7. The molecule has 0 fully saturated rings. The summed E-state index contributed by atoms with van der Waals surface area (Å²) >= 11 is 0. The topological polar surface area (TPSA) is 62.7 Å². The van der Waals surface area contributed by atoms with Crippen molar-refractivity contribution in [3.63, 3.8) is 0 Å². The third-order valence-corrected chi connectivity index (χ3v) is 2.67. The van der Waals surface area contributed by atoms with Crippen molar-refractivity contribution in [2.75, 3.05) is 13.1 Å². The van der Waals surface area contributed by atoms with Gasteiger partial charge < -0.3 is 15.4 Å². The van der Waals surface area contributed by atoms with Crippen LogP contribution in [0.25, 0.3) is 0 Å². The average Bonchev–Trinajstić information content (AvgIpc) is 2.44. The number of aliphatic imine (C=N–C) groups is 1. The van der Waals surface area contributed by atoms with Crippen molar-refractivity contribution in [1.29, 1.82) is 0 Å². The second-order valence-electron chi connectivity index (χ2n) is 5.93. The molecule has 0 saturated carbocycles. The van der Waals surface area contributed by atoms with Crippen LogP contribution >= 0.6 is 24.0 Å². The predicted molar refractivity (Wildman–Crippen MR) is 106 cm³/mol. The molecular weight excluding hydrogens is 405 g/mol. The molecule has 0 bridgehead atoms. The summed E-state index contributed by atoms with van der Waals surface area (Å²) < 4.78 is 5.38. The van der Waals surface area contributed by atoms with Gasteiger partial charge in [0.1, 0.15) is 5.60 Å². The molecule has 0 amide bonds. The van der Waals surface area contributed by atoms with Crippen LogP contribution in [0, 0.1) is 0 Å². The smallest absolute Gasteiger partial charge is 0.338 e. The maximum Gasteiger partial charge on any atom is 0.338 e. The molecule has 0 aliphatic heterocycles. The molecule has 0 unspecified atom stereocenters. The second kappa shape index (κ2) is 10.5. The van der Waals surface area contributed by atoms with Gasteiger partial charge in [0.25, 0.3) is 0 Å². The Labute approximate surface area is 156 Å². The number of halogens is 1. The van der Waals surface area contributed by atoms with Crippen LogP contribution in [0.15, 0.2) is 29.3 Å². The number of carbonyl (C=O) groups excluding carboxylic acids is 1. The fourth-order valence-corrected chi connectivity index (χ4v) is 1.81. The third-order valence-electron chi connectivity index (χ3n) is 2.67. The minimum Gasteiger partial charge on any atom is -0.456 e. The highest BCUT2D eigenvalue weighted by molar-refractivity contribution is 14.0. The highest BCUT2D eigenvalue weighted by Crippen LogP contribution is 2.13. The zero-order valence-electron chi connectivity index (χ0n) is 14.6. The minimum absolute atomic E-state index is 0. The SMILES string of the molecule is CCNC(=NCc1cccc(C(=O)OC(C)(C)C)c1)NCC.I. The van der Waals surface area contributed by atoms with Gasteiger partial charge in [0.05, 0.1) is 12.1 Å². The quantitative estimate of drug-likeness (QED) is 0.324. The van der Waals surface area contributed by atoms with Crippen LogP contribution in [0.1, 0.15) is 50.5 Å². The Morgan fingerprint density at radius 2 is 1.78 bits per heavy atom. The van der Waals surface area contributed by atoms with E-state index < -0.39 is 5.60 Å². The molecule has 0 heterocycles. The van der Waals surface area contributed by atoms with E-state index in [9.17, 15) is 4.79 Å². The predicted octanol–water partition coefficient (Wildman–Crippen LogP) is 3.33. The van der Waals surface area contributed by atoms with Gasteiger partial charge in [-0.15, -0.1) is 24.0 Å². The molecule has 2 N–H and O–H groups in total. The van der Waals surface area contributed by atoms with Crippen molar-refractivity contribution < 1.29 is 9.53 Å². The Bertz CT molecular complexity index is 517. The van der Waals surface area contributed by atoms with Crippen LogP contribution in [-0.4, -0.2) is 30.6 Å². The van der Waals surface area contributed by atoms with Crippen molar-refractivity contribution in [2.24, 2.45) is 4.99 Å². The van der Waals surface area contributed by atoms with Gasteiger partial charge in [0.2, 0.25) is 0 Å². The number of nitrogens with one attached hydrogen (secondary N) is 2. The van der Waals surface area contributed by atoms with Gasteiger partial charge in [-0.2, -0.15) is 0 Å². The Morgan fingerprint density at radius 3 is 2.30 bits per heavy atom. The molecule has 1 aromatic carbocycles. The van der Waals surface area contributed by atoms with E-state index in [4.69, 9.17) is 4.74 Å². The number of ether oxygens (including phenoxy) is 1. The minimum atomic E-state index is -0.492. The Morgan fingerprint density at radius 1 is 1.17 bits per heavy atom. The number of hydrogen-bond donors (Lipinski definition) is 2. The summed E-state index contributed by atoms with van der Waals surface area (Å²) in [5.41, 5.74) is 1.03. The van der Waals surface area contributed by atoms with E-state index in [0.29, 0.717) is 12.1 Å². The molecule has 0 aliphatic rings. The molecular formula is C17H28IN3O2. The van der Waals surface area contributed by atoms with Gasteiger partial charge in [0.15, 0.2) is 5.96 Å². The number of guanidine groups is 1. The normalized spacial score (nSPS) is 10.3. The van der Waals surface area contributed by atoms with E-state index in [1.807, 2.05) is 52.8 Å². The van der Waals surface area contributed by atoms with Crippen LogP contribution in [0.4, 0.5) is 0 Å². The molecule has 0 spiro atoms. The lowest BCUT2D eigenvalue weighted by molar-refractivity contribution is 0.00694. The average molecular weight is 433 g/mol. The van der Waals surface area contributed by atoms with Crippen LogP contribution in [0.3, 0.4) is 0 Å². The van der Waals surface area contributed by atoms with Crippen molar-refractivity contribution in [2.45, 2.75) is 46.8 Å². The molecule has 0 aromatic heterocycles. The molecule has 0 aliphatic carbocycles. The lowest BCUT2D eigenvalue weighted by atomic mass is 10.1. The van der Waals surface area contributed by atoms with E-state index in [2.05, 4.69) is 15.6 Å². The molecule has 1 rings (SSSR count).